The van der Waals surface area contributed by atoms with E-state index in [1.54, 1.807) is 0 Å². The van der Waals surface area contributed by atoms with Crippen LogP contribution in [0.1, 0.15) is 12.0 Å². The molecule has 4 heteroatoms. The summed E-state index contributed by atoms with van der Waals surface area (Å²) in [6.45, 7) is 0. The molecule has 0 unspecified atom stereocenters. The van der Waals surface area contributed by atoms with E-state index in [2.05, 4.69) is 53.8 Å². The highest BCUT2D eigenvalue weighted by Crippen LogP contribution is 2.21. The summed E-state index contributed by atoms with van der Waals surface area (Å²) >= 11 is 0. The lowest BCUT2D eigenvalue weighted by atomic mass is 10.0. The highest BCUT2D eigenvalue weighted by Gasteiger charge is 2.05. The van der Waals surface area contributed by atoms with E-state index in [4.69, 9.17) is 9.59 Å². The third-order valence-corrected chi connectivity index (χ3v) is 4.74. The zero-order chi connectivity index (χ0) is 21.2. The van der Waals surface area contributed by atoms with Crippen molar-refractivity contribution in [3.63, 3.8) is 0 Å². The van der Waals surface area contributed by atoms with Crippen LogP contribution in [0.2, 0.25) is 0 Å². The number of hydrogen-bond acceptors (Lipinski definition) is 3. The van der Waals surface area contributed by atoms with E-state index in [-0.39, 0.29) is 12.1 Å². The van der Waals surface area contributed by atoms with Crippen LogP contribution in [0.3, 0.4) is 0 Å². The molecule has 0 atom stereocenters. The summed E-state index contributed by atoms with van der Waals surface area (Å²) in [5, 5.41) is 5.31. The first-order valence-electron chi connectivity index (χ1n) is 9.62. The average Bonchev–Trinajstić information content (AvgIpc) is 2.79. The van der Waals surface area contributed by atoms with Crippen LogP contribution in [0.15, 0.2) is 97.1 Å². The summed E-state index contributed by atoms with van der Waals surface area (Å²) in [4.78, 5) is 28.5. The Balaban J connectivity index is 0.000000806. The topological polar surface area (TPSA) is 63.2 Å². The molecule has 4 aromatic rings. The van der Waals surface area contributed by atoms with Crippen molar-refractivity contribution in [3.05, 3.63) is 103 Å². The Morgan fingerprint density at radius 2 is 1.30 bits per heavy atom. The maximum Gasteiger partial charge on any atom is 0.373 e. The second kappa shape index (κ2) is 10.5. The first kappa shape index (κ1) is 20.7. The maximum absolute atomic E-state index is 12.3. The van der Waals surface area contributed by atoms with Crippen LogP contribution in [-0.4, -0.2) is 12.1 Å². The SMILES string of the molecule is O=C(CCc1ccc(-c2ccccc2)cc1)Nc1ccc2ccccc2c1.O=C=O. The first-order chi connectivity index (χ1) is 14.7. The highest BCUT2D eigenvalue weighted by molar-refractivity contribution is 5.94. The van der Waals surface area contributed by atoms with Gasteiger partial charge in [-0.15, -0.1) is 0 Å². The summed E-state index contributed by atoms with van der Waals surface area (Å²) in [5.41, 5.74) is 4.42. The maximum atomic E-state index is 12.3. The number of carbonyl (C=O) groups excluding carboxylic acids is 3. The molecule has 0 aromatic heterocycles. The van der Waals surface area contributed by atoms with E-state index >= 15 is 0 Å². The van der Waals surface area contributed by atoms with Crippen LogP contribution < -0.4 is 5.32 Å². The van der Waals surface area contributed by atoms with Gasteiger partial charge < -0.3 is 5.32 Å². The molecule has 0 radical (unpaired) electrons. The molecule has 1 amide bonds. The van der Waals surface area contributed by atoms with E-state index in [0.29, 0.717) is 6.42 Å². The predicted octanol–water partition coefficient (Wildman–Crippen LogP) is 5.49. The van der Waals surface area contributed by atoms with Gasteiger partial charge in [0.25, 0.3) is 0 Å². The molecule has 148 valence electrons. The van der Waals surface area contributed by atoms with Gasteiger partial charge in [-0.2, -0.15) is 9.59 Å². The Hall–Kier alpha value is -4.01. The molecule has 4 aromatic carbocycles. The third-order valence-electron chi connectivity index (χ3n) is 4.74. The standard InChI is InChI=1S/C25H21NO.CO2/c27-25(26-24-16-15-21-8-4-5-9-23(21)18-24)17-12-19-10-13-22(14-11-19)20-6-2-1-3-7-20;2-1-3/h1-11,13-16,18H,12,17H2,(H,26,27);. The number of anilines is 1. The van der Waals surface area contributed by atoms with E-state index in [1.807, 2.05) is 48.5 Å². The predicted molar refractivity (Wildman–Crippen MR) is 118 cm³/mol. The van der Waals surface area contributed by atoms with Crippen molar-refractivity contribution in [2.24, 2.45) is 0 Å². The van der Waals surface area contributed by atoms with Gasteiger partial charge in [-0.3, -0.25) is 4.79 Å². The molecule has 0 aliphatic rings. The fourth-order valence-electron chi connectivity index (χ4n) is 3.24. The molecule has 0 saturated heterocycles. The normalized spacial score (nSPS) is 9.87. The van der Waals surface area contributed by atoms with Gasteiger partial charge in [0.1, 0.15) is 0 Å². The second-order valence-electron chi connectivity index (χ2n) is 6.76. The summed E-state index contributed by atoms with van der Waals surface area (Å²) in [7, 11) is 0. The third kappa shape index (κ3) is 5.74. The molecule has 0 saturated carbocycles. The van der Waals surface area contributed by atoms with Gasteiger partial charge in [0.05, 0.1) is 0 Å². The quantitative estimate of drug-likeness (QED) is 0.486. The number of hydrogen-bond donors (Lipinski definition) is 1. The minimum Gasteiger partial charge on any atom is -0.326 e. The lowest BCUT2D eigenvalue weighted by molar-refractivity contribution is -0.191. The summed E-state index contributed by atoms with van der Waals surface area (Å²) in [6.07, 6.45) is 1.45. The monoisotopic (exact) mass is 395 g/mol. The van der Waals surface area contributed by atoms with Gasteiger partial charge in [-0.1, -0.05) is 84.9 Å². The Morgan fingerprint density at radius 1 is 0.700 bits per heavy atom. The lowest BCUT2D eigenvalue weighted by Gasteiger charge is -2.07. The molecule has 0 aliphatic heterocycles. The number of aryl methyl sites for hydroxylation is 1. The molecule has 0 spiro atoms. The van der Waals surface area contributed by atoms with E-state index in [0.717, 1.165) is 17.5 Å². The van der Waals surface area contributed by atoms with Crippen molar-refractivity contribution >= 4 is 28.5 Å². The average molecular weight is 395 g/mol. The molecule has 4 rings (SSSR count). The number of rotatable bonds is 5. The minimum atomic E-state index is 0.0393. The number of amides is 1. The van der Waals surface area contributed by atoms with E-state index in [1.165, 1.54) is 22.1 Å². The Morgan fingerprint density at radius 3 is 2.00 bits per heavy atom. The van der Waals surface area contributed by atoms with Crippen LogP contribution in [0.4, 0.5) is 5.69 Å². The molecular weight excluding hydrogens is 374 g/mol. The minimum absolute atomic E-state index is 0.0393. The van der Waals surface area contributed by atoms with Crippen LogP contribution >= 0.6 is 0 Å². The van der Waals surface area contributed by atoms with Gasteiger partial charge in [0.15, 0.2) is 0 Å². The Kier molecular flexibility index (Phi) is 7.26. The van der Waals surface area contributed by atoms with Crippen molar-refractivity contribution in [1.82, 2.24) is 0 Å². The van der Waals surface area contributed by atoms with Gasteiger partial charge in [0.2, 0.25) is 5.91 Å². The van der Waals surface area contributed by atoms with Crippen molar-refractivity contribution < 1.29 is 14.4 Å². The molecular formula is C26H21NO3. The van der Waals surface area contributed by atoms with E-state index < -0.39 is 0 Å². The van der Waals surface area contributed by atoms with Crippen molar-refractivity contribution in [1.29, 1.82) is 0 Å². The van der Waals surface area contributed by atoms with Crippen molar-refractivity contribution in [2.75, 3.05) is 5.32 Å². The lowest BCUT2D eigenvalue weighted by Crippen LogP contribution is -2.12. The smallest absolute Gasteiger partial charge is 0.326 e. The van der Waals surface area contributed by atoms with Gasteiger partial charge in [0, 0.05) is 12.1 Å². The zero-order valence-electron chi connectivity index (χ0n) is 16.4. The number of fused-ring (bicyclic) bond motifs is 1. The fraction of sp³-hybridized carbons (Fsp3) is 0.0769. The van der Waals surface area contributed by atoms with Crippen LogP contribution in [-0.2, 0) is 20.8 Å². The largest absolute Gasteiger partial charge is 0.373 e. The molecule has 4 nitrogen and oxygen atoms in total. The van der Waals surface area contributed by atoms with Crippen LogP contribution in [0.25, 0.3) is 21.9 Å². The number of nitrogens with one attached hydrogen (secondary N) is 1. The molecule has 0 fully saturated rings. The van der Waals surface area contributed by atoms with Gasteiger partial charge in [-0.25, -0.2) is 0 Å². The van der Waals surface area contributed by atoms with E-state index in [9.17, 15) is 4.79 Å². The highest BCUT2D eigenvalue weighted by atomic mass is 16.2. The fourth-order valence-corrected chi connectivity index (χ4v) is 3.24. The number of carbonyl (C=O) groups is 1. The summed E-state index contributed by atoms with van der Waals surface area (Å²) in [6, 6.07) is 32.9. The van der Waals surface area contributed by atoms with Gasteiger partial charge in [-0.05, 0) is 46.0 Å². The number of benzene rings is 4. The van der Waals surface area contributed by atoms with Crippen LogP contribution in [0.5, 0.6) is 0 Å². The molecule has 0 heterocycles. The van der Waals surface area contributed by atoms with Gasteiger partial charge >= 0.3 is 6.15 Å². The summed E-state index contributed by atoms with van der Waals surface area (Å²) < 4.78 is 0. The second-order valence-corrected chi connectivity index (χ2v) is 6.76. The van der Waals surface area contributed by atoms with Crippen molar-refractivity contribution in [2.45, 2.75) is 12.8 Å². The molecule has 0 bridgehead atoms. The Labute approximate surface area is 175 Å². The zero-order valence-corrected chi connectivity index (χ0v) is 16.4. The van der Waals surface area contributed by atoms with Crippen LogP contribution in [0, 0.1) is 0 Å². The molecule has 0 aliphatic carbocycles. The summed E-state index contributed by atoms with van der Waals surface area (Å²) in [5.74, 6) is 0.0393. The Bertz CT molecular complexity index is 1150. The molecule has 30 heavy (non-hydrogen) atoms. The molecule has 1 N–H and O–H groups in total. The first-order valence-corrected chi connectivity index (χ1v) is 9.62. The van der Waals surface area contributed by atoms with Crippen molar-refractivity contribution in [3.8, 4) is 11.1 Å².